The summed E-state index contributed by atoms with van der Waals surface area (Å²) in [6.07, 6.45) is 1.58. The van der Waals surface area contributed by atoms with Crippen molar-refractivity contribution in [3.63, 3.8) is 0 Å². The first-order chi connectivity index (χ1) is 11.6. The molecule has 0 bridgehead atoms. The quantitative estimate of drug-likeness (QED) is 0.793. The number of hydrogen-bond donors (Lipinski definition) is 0. The van der Waals surface area contributed by atoms with Crippen molar-refractivity contribution in [3.8, 4) is 11.5 Å². The highest BCUT2D eigenvalue weighted by atomic mass is 32.2. The minimum Gasteiger partial charge on any atom is -0.403 e. The molecule has 0 saturated carbocycles. The van der Waals surface area contributed by atoms with E-state index in [1.807, 2.05) is 42.2 Å². The van der Waals surface area contributed by atoms with Crippen molar-refractivity contribution in [1.29, 1.82) is 0 Å². The average Bonchev–Trinajstić information content (AvgIpc) is 3.11. The Morgan fingerprint density at radius 2 is 1.79 bits per heavy atom. The van der Waals surface area contributed by atoms with E-state index in [0.717, 1.165) is 12.0 Å². The fraction of sp³-hybridized carbons (Fsp3) is 0.500. The molecule has 2 aromatic rings. The van der Waals surface area contributed by atoms with Crippen molar-refractivity contribution in [2.24, 2.45) is 0 Å². The second-order valence-corrected chi connectivity index (χ2v) is 7.90. The number of nitrogens with zero attached hydrogens (tertiary/aromatic N) is 4. The normalized spacial score (nSPS) is 16.5. The molecule has 0 aliphatic carbocycles. The van der Waals surface area contributed by atoms with Gasteiger partial charge in [-0.05, 0) is 18.6 Å². The van der Waals surface area contributed by atoms with Gasteiger partial charge in [0.1, 0.15) is 0 Å². The Morgan fingerprint density at radius 3 is 2.46 bits per heavy atom. The summed E-state index contributed by atoms with van der Waals surface area (Å²) in [5.74, 6) is 0.700. The van der Waals surface area contributed by atoms with E-state index in [0.29, 0.717) is 44.5 Å². The van der Waals surface area contributed by atoms with Gasteiger partial charge in [0.15, 0.2) is 0 Å². The summed E-state index contributed by atoms with van der Waals surface area (Å²) in [6.45, 7) is 4.01. The second kappa shape index (κ2) is 7.31. The number of piperazine rings is 1. The van der Waals surface area contributed by atoms with Gasteiger partial charge in [0.25, 0.3) is 0 Å². The van der Waals surface area contributed by atoms with Crippen LogP contribution >= 0.6 is 0 Å². The molecule has 1 aliphatic heterocycles. The third-order valence-electron chi connectivity index (χ3n) is 4.09. The molecule has 0 N–H and O–H groups in total. The van der Waals surface area contributed by atoms with Crippen molar-refractivity contribution in [1.82, 2.24) is 14.5 Å². The number of benzene rings is 1. The molecule has 1 saturated heterocycles. The average molecular weight is 350 g/mol. The fourth-order valence-corrected chi connectivity index (χ4v) is 4.29. The van der Waals surface area contributed by atoms with Gasteiger partial charge < -0.3 is 9.32 Å². The lowest BCUT2D eigenvalue weighted by molar-refractivity contribution is 0.372. The lowest BCUT2D eigenvalue weighted by Crippen LogP contribution is -2.49. The van der Waals surface area contributed by atoms with Crippen LogP contribution in [0.3, 0.4) is 0 Å². The molecular formula is C16H22N4O3S. The van der Waals surface area contributed by atoms with Gasteiger partial charge in [-0.15, -0.1) is 5.10 Å². The summed E-state index contributed by atoms with van der Waals surface area (Å²) in [4.78, 5) is 1.94. The third-order valence-corrected chi connectivity index (χ3v) is 6.05. The van der Waals surface area contributed by atoms with Crippen LogP contribution in [0.4, 0.5) is 6.01 Å². The van der Waals surface area contributed by atoms with Crippen LogP contribution in [0.5, 0.6) is 0 Å². The number of anilines is 1. The number of rotatable bonds is 6. The highest BCUT2D eigenvalue weighted by molar-refractivity contribution is 7.89. The van der Waals surface area contributed by atoms with Gasteiger partial charge in [0.2, 0.25) is 15.9 Å². The van der Waals surface area contributed by atoms with Crippen LogP contribution in [0, 0.1) is 0 Å². The molecular weight excluding hydrogens is 328 g/mol. The SMILES string of the molecule is CCCCS(=O)(=O)N1CCN(c2nnc(-c3ccccc3)o2)CC1. The first-order valence-corrected chi connectivity index (χ1v) is 9.83. The van der Waals surface area contributed by atoms with E-state index in [4.69, 9.17) is 4.42 Å². The topological polar surface area (TPSA) is 79.5 Å². The molecule has 0 unspecified atom stereocenters. The van der Waals surface area contributed by atoms with Gasteiger partial charge in [-0.25, -0.2) is 8.42 Å². The van der Waals surface area contributed by atoms with Crippen LogP contribution in [0.25, 0.3) is 11.5 Å². The third kappa shape index (κ3) is 3.76. The Bertz CT molecular complexity index is 753. The first-order valence-electron chi connectivity index (χ1n) is 8.22. The minimum atomic E-state index is -3.15. The Labute approximate surface area is 142 Å². The van der Waals surface area contributed by atoms with Crippen LogP contribution < -0.4 is 4.90 Å². The summed E-state index contributed by atoms with van der Waals surface area (Å²) in [6, 6.07) is 10.0. The van der Waals surface area contributed by atoms with E-state index >= 15 is 0 Å². The summed E-state index contributed by atoms with van der Waals surface area (Å²) < 4.78 is 31.8. The van der Waals surface area contributed by atoms with Crippen molar-refractivity contribution in [2.75, 3.05) is 36.8 Å². The van der Waals surface area contributed by atoms with E-state index in [9.17, 15) is 8.42 Å². The van der Waals surface area contributed by atoms with E-state index in [1.165, 1.54) is 0 Å². The molecule has 24 heavy (non-hydrogen) atoms. The maximum Gasteiger partial charge on any atom is 0.318 e. The van der Waals surface area contributed by atoms with Crippen molar-refractivity contribution in [3.05, 3.63) is 30.3 Å². The predicted molar refractivity (Wildman–Crippen MR) is 92.2 cm³/mol. The lowest BCUT2D eigenvalue weighted by atomic mass is 10.2. The summed E-state index contributed by atoms with van der Waals surface area (Å²) in [5.41, 5.74) is 0.872. The standard InChI is InChI=1S/C16H22N4O3S/c1-2-3-13-24(21,22)20-11-9-19(10-12-20)16-18-17-15(23-16)14-7-5-4-6-8-14/h4-8H,2-3,9-13H2,1H3. The fourth-order valence-electron chi connectivity index (χ4n) is 2.65. The molecule has 8 heteroatoms. The molecule has 0 radical (unpaired) electrons. The predicted octanol–water partition coefficient (Wildman–Crippen LogP) is 1.99. The summed E-state index contributed by atoms with van der Waals surface area (Å²) in [7, 11) is -3.15. The van der Waals surface area contributed by atoms with Crippen LogP contribution in [-0.4, -0.2) is 54.9 Å². The molecule has 1 aromatic carbocycles. The zero-order chi connectivity index (χ0) is 17.0. The smallest absolute Gasteiger partial charge is 0.318 e. The molecule has 130 valence electrons. The molecule has 1 fully saturated rings. The Hall–Kier alpha value is -1.93. The molecule has 0 spiro atoms. The first kappa shape index (κ1) is 16.9. The van der Waals surface area contributed by atoms with Gasteiger partial charge in [-0.3, -0.25) is 0 Å². The number of sulfonamides is 1. The van der Waals surface area contributed by atoms with Gasteiger partial charge >= 0.3 is 6.01 Å². The maximum absolute atomic E-state index is 12.2. The Balaban J connectivity index is 1.62. The highest BCUT2D eigenvalue weighted by Crippen LogP contribution is 2.22. The monoisotopic (exact) mass is 350 g/mol. The lowest BCUT2D eigenvalue weighted by Gasteiger charge is -2.32. The largest absolute Gasteiger partial charge is 0.403 e. The van der Waals surface area contributed by atoms with Crippen molar-refractivity contribution < 1.29 is 12.8 Å². The van der Waals surface area contributed by atoms with Gasteiger partial charge in [0.05, 0.1) is 5.75 Å². The van der Waals surface area contributed by atoms with E-state index < -0.39 is 10.0 Å². The van der Waals surface area contributed by atoms with Crippen LogP contribution in [0.15, 0.2) is 34.7 Å². The summed E-state index contributed by atoms with van der Waals surface area (Å²) in [5, 5.41) is 8.17. The Kier molecular flexibility index (Phi) is 5.15. The second-order valence-electron chi connectivity index (χ2n) is 5.81. The van der Waals surface area contributed by atoms with Crippen LogP contribution in [0.1, 0.15) is 19.8 Å². The number of aromatic nitrogens is 2. The zero-order valence-corrected chi connectivity index (χ0v) is 14.6. The van der Waals surface area contributed by atoms with E-state index in [2.05, 4.69) is 10.2 Å². The molecule has 0 atom stereocenters. The molecule has 3 rings (SSSR count). The molecule has 7 nitrogen and oxygen atoms in total. The highest BCUT2D eigenvalue weighted by Gasteiger charge is 2.28. The number of unbranched alkanes of at least 4 members (excludes halogenated alkanes) is 1. The minimum absolute atomic E-state index is 0.224. The summed E-state index contributed by atoms with van der Waals surface area (Å²) >= 11 is 0. The van der Waals surface area contributed by atoms with E-state index in [1.54, 1.807) is 4.31 Å². The molecule has 2 heterocycles. The van der Waals surface area contributed by atoms with Crippen LogP contribution in [0.2, 0.25) is 0 Å². The zero-order valence-electron chi connectivity index (χ0n) is 13.8. The van der Waals surface area contributed by atoms with Gasteiger partial charge in [0, 0.05) is 31.7 Å². The van der Waals surface area contributed by atoms with E-state index in [-0.39, 0.29) is 5.75 Å². The number of hydrogen-bond acceptors (Lipinski definition) is 6. The molecule has 0 amide bonds. The molecule has 1 aromatic heterocycles. The van der Waals surface area contributed by atoms with Crippen molar-refractivity contribution in [2.45, 2.75) is 19.8 Å². The maximum atomic E-state index is 12.2. The van der Waals surface area contributed by atoms with Gasteiger partial charge in [-0.2, -0.15) is 4.31 Å². The van der Waals surface area contributed by atoms with Crippen molar-refractivity contribution >= 4 is 16.0 Å². The van der Waals surface area contributed by atoms with Crippen LogP contribution in [-0.2, 0) is 10.0 Å². The Morgan fingerprint density at radius 1 is 1.08 bits per heavy atom. The van der Waals surface area contributed by atoms with Gasteiger partial charge in [-0.1, -0.05) is 36.6 Å². The molecule has 1 aliphatic rings.